The molecule has 2 aromatic rings. The Kier molecular flexibility index (Phi) is 4.72. The first-order valence-corrected chi connectivity index (χ1v) is 8.87. The highest BCUT2D eigenvalue weighted by molar-refractivity contribution is 5.89. The van der Waals surface area contributed by atoms with Crippen LogP contribution in [0.3, 0.4) is 0 Å². The highest BCUT2D eigenvalue weighted by Crippen LogP contribution is 2.48. The predicted molar refractivity (Wildman–Crippen MR) is 101 cm³/mol. The van der Waals surface area contributed by atoms with E-state index < -0.39 is 5.60 Å². The third-order valence-corrected chi connectivity index (χ3v) is 5.29. The Labute approximate surface area is 159 Å². The van der Waals surface area contributed by atoms with Crippen LogP contribution in [0.25, 0.3) is 0 Å². The molecular formula is C22H24O5. The van der Waals surface area contributed by atoms with E-state index in [1.807, 2.05) is 45.9 Å². The Morgan fingerprint density at radius 1 is 1.11 bits per heavy atom. The predicted octanol–water partition coefficient (Wildman–Crippen LogP) is 4.17. The Morgan fingerprint density at radius 3 is 2.44 bits per heavy atom. The maximum atomic E-state index is 11.9. The van der Waals surface area contributed by atoms with Crippen molar-refractivity contribution in [3.8, 4) is 11.5 Å². The van der Waals surface area contributed by atoms with Gasteiger partial charge >= 0.3 is 11.9 Å². The van der Waals surface area contributed by atoms with E-state index >= 15 is 0 Å². The van der Waals surface area contributed by atoms with Gasteiger partial charge in [0.15, 0.2) is 0 Å². The molecule has 0 radical (unpaired) electrons. The van der Waals surface area contributed by atoms with Gasteiger partial charge in [-0.15, -0.1) is 0 Å². The summed E-state index contributed by atoms with van der Waals surface area (Å²) >= 11 is 0. The first-order chi connectivity index (χ1) is 12.7. The number of carbonyl (C=O) groups excluding carboxylic acids is 2. The van der Waals surface area contributed by atoms with Crippen LogP contribution >= 0.6 is 0 Å². The summed E-state index contributed by atoms with van der Waals surface area (Å²) in [5.74, 6) is 0.714. The zero-order valence-corrected chi connectivity index (χ0v) is 16.6. The van der Waals surface area contributed by atoms with Crippen molar-refractivity contribution in [2.45, 2.75) is 46.6 Å². The van der Waals surface area contributed by atoms with E-state index in [2.05, 4.69) is 0 Å². The molecule has 3 rings (SSSR count). The maximum Gasteiger partial charge on any atom is 0.337 e. The minimum Gasteiger partial charge on any atom is -0.482 e. The largest absolute Gasteiger partial charge is 0.482 e. The van der Waals surface area contributed by atoms with E-state index in [0.29, 0.717) is 17.7 Å². The summed E-state index contributed by atoms with van der Waals surface area (Å²) in [5.41, 5.74) is 4.56. The lowest BCUT2D eigenvalue weighted by atomic mass is 9.87. The standard InChI is InChI=1S/C22H24O5/c1-12-13(2)20-18(14(3)19(12)26-15(4)23)11-22(5,27-20)17-9-7-8-16(10-17)21(24)25-6/h7-10H,11H2,1-6H3. The number of carbonyl (C=O) groups is 2. The third-order valence-electron chi connectivity index (χ3n) is 5.29. The van der Waals surface area contributed by atoms with Gasteiger partial charge in [-0.2, -0.15) is 0 Å². The molecule has 1 aliphatic rings. The molecule has 0 aliphatic carbocycles. The molecule has 0 bridgehead atoms. The lowest BCUT2D eigenvalue weighted by molar-refractivity contribution is -0.131. The molecular weight excluding hydrogens is 344 g/mol. The number of rotatable bonds is 3. The fourth-order valence-corrected chi connectivity index (χ4v) is 3.66. The molecule has 1 unspecified atom stereocenters. The van der Waals surface area contributed by atoms with Crippen molar-refractivity contribution in [1.82, 2.24) is 0 Å². The van der Waals surface area contributed by atoms with Crippen LogP contribution in [0.4, 0.5) is 0 Å². The minimum atomic E-state index is -0.622. The van der Waals surface area contributed by atoms with Gasteiger partial charge in [0.2, 0.25) is 0 Å². The van der Waals surface area contributed by atoms with E-state index in [4.69, 9.17) is 14.2 Å². The summed E-state index contributed by atoms with van der Waals surface area (Å²) < 4.78 is 16.7. The van der Waals surface area contributed by atoms with Gasteiger partial charge in [-0.05, 0) is 62.1 Å². The zero-order valence-electron chi connectivity index (χ0n) is 16.6. The van der Waals surface area contributed by atoms with E-state index in [1.54, 1.807) is 6.07 Å². The second kappa shape index (κ2) is 6.72. The number of hydrogen-bond acceptors (Lipinski definition) is 5. The summed E-state index contributed by atoms with van der Waals surface area (Å²) in [4.78, 5) is 23.4. The van der Waals surface area contributed by atoms with Gasteiger partial charge in [0.25, 0.3) is 0 Å². The van der Waals surface area contributed by atoms with Crippen molar-refractivity contribution in [3.63, 3.8) is 0 Å². The molecule has 5 heteroatoms. The Morgan fingerprint density at radius 2 is 1.81 bits per heavy atom. The molecule has 0 saturated carbocycles. The lowest BCUT2D eigenvalue weighted by Gasteiger charge is -2.25. The number of hydrogen-bond donors (Lipinski definition) is 0. The normalized spacial score (nSPS) is 17.9. The van der Waals surface area contributed by atoms with Gasteiger partial charge in [-0.3, -0.25) is 4.79 Å². The van der Waals surface area contributed by atoms with Gasteiger partial charge in [0.1, 0.15) is 17.1 Å². The van der Waals surface area contributed by atoms with Gasteiger partial charge in [-0.25, -0.2) is 4.79 Å². The third kappa shape index (κ3) is 3.18. The number of esters is 2. The topological polar surface area (TPSA) is 61.8 Å². The van der Waals surface area contributed by atoms with Crippen LogP contribution in [-0.4, -0.2) is 19.0 Å². The van der Waals surface area contributed by atoms with E-state index in [-0.39, 0.29) is 11.9 Å². The van der Waals surface area contributed by atoms with Gasteiger partial charge in [0.05, 0.1) is 12.7 Å². The lowest BCUT2D eigenvalue weighted by Crippen LogP contribution is -2.27. The Balaban J connectivity index is 2.07. The van der Waals surface area contributed by atoms with Crippen LogP contribution in [0.15, 0.2) is 24.3 Å². The summed E-state index contributed by atoms with van der Waals surface area (Å²) in [6.07, 6.45) is 0.619. The van der Waals surface area contributed by atoms with E-state index in [1.165, 1.54) is 14.0 Å². The first kappa shape index (κ1) is 19.0. The molecule has 5 nitrogen and oxygen atoms in total. The fourth-order valence-electron chi connectivity index (χ4n) is 3.66. The number of methoxy groups -OCH3 is 1. The fraction of sp³-hybridized carbons (Fsp3) is 0.364. The molecule has 0 spiro atoms. The van der Waals surface area contributed by atoms with E-state index in [9.17, 15) is 9.59 Å². The summed E-state index contributed by atoms with van der Waals surface area (Å²) in [7, 11) is 1.37. The number of fused-ring (bicyclic) bond motifs is 1. The molecule has 1 atom stereocenters. The van der Waals surface area contributed by atoms with Crippen LogP contribution in [-0.2, 0) is 21.6 Å². The number of benzene rings is 2. The first-order valence-electron chi connectivity index (χ1n) is 8.87. The molecule has 1 aliphatic heterocycles. The second-order valence-corrected chi connectivity index (χ2v) is 7.19. The highest BCUT2D eigenvalue weighted by atomic mass is 16.5. The van der Waals surface area contributed by atoms with E-state index in [0.717, 1.165) is 33.6 Å². The quantitative estimate of drug-likeness (QED) is 0.601. The summed E-state index contributed by atoms with van der Waals surface area (Å²) in [5, 5.41) is 0. The maximum absolute atomic E-state index is 11.9. The molecule has 0 N–H and O–H groups in total. The van der Waals surface area contributed by atoms with Crippen molar-refractivity contribution < 1.29 is 23.8 Å². The average Bonchev–Trinajstić information content (AvgIpc) is 3.02. The number of ether oxygens (including phenoxy) is 3. The van der Waals surface area contributed by atoms with Crippen molar-refractivity contribution >= 4 is 11.9 Å². The molecule has 27 heavy (non-hydrogen) atoms. The molecule has 142 valence electrons. The molecule has 1 heterocycles. The van der Waals surface area contributed by atoms with Crippen LogP contribution in [0.5, 0.6) is 11.5 Å². The Bertz CT molecular complexity index is 944. The van der Waals surface area contributed by atoms with Crippen LogP contribution in [0, 0.1) is 20.8 Å². The summed E-state index contributed by atoms with van der Waals surface area (Å²) in [6, 6.07) is 7.31. The Hall–Kier alpha value is -2.82. The minimum absolute atomic E-state index is 0.340. The molecule has 0 aromatic heterocycles. The SMILES string of the molecule is COC(=O)c1cccc(C2(C)Cc3c(C)c(OC(C)=O)c(C)c(C)c3O2)c1. The molecule has 0 saturated heterocycles. The molecule has 0 fully saturated rings. The van der Waals surface area contributed by atoms with Crippen molar-refractivity contribution in [2.24, 2.45) is 0 Å². The summed E-state index contributed by atoms with van der Waals surface area (Å²) in [6.45, 7) is 9.25. The average molecular weight is 368 g/mol. The van der Waals surface area contributed by atoms with Crippen molar-refractivity contribution in [3.05, 3.63) is 57.6 Å². The van der Waals surface area contributed by atoms with Crippen molar-refractivity contribution in [2.75, 3.05) is 7.11 Å². The van der Waals surface area contributed by atoms with Crippen LogP contribution in [0.1, 0.15) is 52.0 Å². The molecule has 0 amide bonds. The van der Waals surface area contributed by atoms with Gasteiger partial charge < -0.3 is 14.2 Å². The second-order valence-electron chi connectivity index (χ2n) is 7.19. The zero-order chi connectivity index (χ0) is 19.9. The smallest absolute Gasteiger partial charge is 0.337 e. The van der Waals surface area contributed by atoms with Crippen LogP contribution in [0.2, 0.25) is 0 Å². The van der Waals surface area contributed by atoms with Gasteiger partial charge in [-0.1, -0.05) is 12.1 Å². The van der Waals surface area contributed by atoms with Gasteiger partial charge in [0, 0.05) is 18.9 Å². The highest BCUT2D eigenvalue weighted by Gasteiger charge is 2.40. The monoisotopic (exact) mass is 368 g/mol. The van der Waals surface area contributed by atoms with Crippen LogP contribution < -0.4 is 9.47 Å². The van der Waals surface area contributed by atoms with Crippen molar-refractivity contribution in [1.29, 1.82) is 0 Å². The molecule has 2 aromatic carbocycles.